The number of rotatable bonds is 15. The summed E-state index contributed by atoms with van der Waals surface area (Å²) in [6, 6.07) is 33.1. The van der Waals surface area contributed by atoms with Gasteiger partial charge in [-0.15, -0.1) is 0 Å². The van der Waals surface area contributed by atoms with Crippen molar-refractivity contribution < 1.29 is 19.2 Å². The average molecular weight is 710 g/mol. The van der Waals surface area contributed by atoms with Crippen molar-refractivity contribution in [1.82, 2.24) is 21.3 Å². The Morgan fingerprint density at radius 3 is 1.72 bits per heavy atom. The molecule has 9 nitrogen and oxygen atoms in total. The van der Waals surface area contributed by atoms with E-state index >= 15 is 0 Å². The van der Waals surface area contributed by atoms with E-state index in [0.717, 1.165) is 56.6 Å². The molecule has 6 N–H and O–H groups in total. The molecule has 4 amide bonds. The zero-order chi connectivity index (χ0) is 37.2. The average Bonchev–Trinajstić information content (AvgIpc) is 3.16. The van der Waals surface area contributed by atoms with E-state index in [9.17, 15) is 19.2 Å². The van der Waals surface area contributed by atoms with Crippen LogP contribution in [0.2, 0.25) is 0 Å². The molecule has 0 bridgehead atoms. The summed E-state index contributed by atoms with van der Waals surface area (Å²) in [7, 11) is 0. The highest BCUT2D eigenvalue weighted by molar-refractivity contribution is 5.95. The first-order valence-corrected chi connectivity index (χ1v) is 18.3. The van der Waals surface area contributed by atoms with Gasteiger partial charge in [-0.2, -0.15) is 0 Å². The second-order valence-electron chi connectivity index (χ2n) is 13.8. The van der Waals surface area contributed by atoms with Crippen molar-refractivity contribution in [3.8, 4) is 0 Å². The molecule has 0 radical (unpaired) electrons. The van der Waals surface area contributed by atoms with Gasteiger partial charge < -0.3 is 27.0 Å². The van der Waals surface area contributed by atoms with Crippen LogP contribution < -0.4 is 27.0 Å². The van der Waals surface area contributed by atoms with Crippen LogP contribution in [0.1, 0.15) is 48.4 Å². The van der Waals surface area contributed by atoms with Gasteiger partial charge in [0.2, 0.25) is 23.6 Å². The molecular weight excluding hydrogens is 663 g/mol. The first-order chi connectivity index (χ1) is 25.7. The van der Waals surface area contributed by atoms with E-state index in [1.54, 1.807) is 0 Å². The third-order valence-electron chi connectivity index (χ3n) is 9.74. The summed E-state index contributed by atoms with van der Waals surface area (Å²) in [5.41, 5.74) is 10.8. The summed E-state index contributed by atoms with van der Waals surface area (Å²) >= 11 is 0. The van der Waals surface area contributed by atoms with Gasteiger partial charge in [-0.3, -0.25) is 19.2 Å². The molecule has 53 heavy (non-hydrogen) atoms. The predicted molar refractivity (Wildman–Crippen MR) is 211 cm³/mol. The molecule has 0 heterocycles. The van der Waals surface area contributed by atoms with E-state index in [4.69, 9.17) is 5.73 Å². The number of benzene rings is 5. The summed E-state index contributed by atoms with van der Waals surface area (Å²) in [6.07, 6.45) is 5.03. The van der Waals surface area contributed by atoms with Gasteiger partial charge in [-0.1, -0.05) is 121 Å². The van der Waals surface area contributed by atoms with Gasteiger partial charge in [0, 0.05) is 26.3 Å². The zero-order valence-electron chi connectivity index (χ0n) is 30.1. The molecule has 0 fully saturated rings. The fraction of sp³-hybridized carbons (Fsp3) is 0.273. The van der Waals surface area contributed by atoms with Crippen LogP contribution in [0, 0.1) is 0 Å². The molecule has 1 aliphatic carbocycles. The topological polar surface area (TPSA) is 142 Å². The van der Waals surface area contributed by atoms with Gasteiger partial charge >= 0.3 is 0 Å². The van der Waals surface area contributed by atoms with Crippen molar-refractivity contribution in [2.24, 2.45) is 5.73 Å². The monoisotopic (exact) mass is 709 g/mol. The van der Waals surface area contributed by atoms with Gasteiger partial charge in [-0.25, -0.2) is 0 Å². The molecule has 5 aromatic rings. The van der Waals surface area contributed by atoms with E-state index in [-0.39, 0.29) is 24.7 Å². The number of hydrogen-bond acceptors (Lipinski definition) is 5. The quantitative estimate of drug-likeness (QED) is 0.0958. The fourth-order valence-corrected chi connectivity index (χ4v) is 6.97. The van der Waals surface area contributed by atoms with E-state index in [2.05, 4.69) is 39.5 Å². The van der Waals surface area contributed by atoms with Gasteiger partial charge in [-0.05, 0) is 76.0 Å². The highest BCUT2D eigenvalue weighted by Gasteiger charge is 2.31. The number of hydrogen-bond donors (Lipinski definition) is 5. The van der Waals surface area contributed by atoms with E-state index in [0.29, 0.717) is 25.9 Å². The molecule has 0 aliphatic heterocycles. The molecular formula is C44H47N5O4. The van der Waals surface area contributed by atoms with Gasteiger partial charge in [0.05, 0.1) is 0 Å². The second-order valence-corrected chi connectivity index (χ2v) is 13.8. The summed E-state index contributed by atoms with van der Waals surface area (Å²) in [5, 5.41) is 15.8. The third kappa shape index (κ3) is 9.96. The predicted octanol–water partition coefficient (Wildman–Crippen LogP) is 5.14. The number of carbonyl (C=O) groups excluding carboxylic acids is 4. The second kappa shape index (κ2) is 17.6. The number of nitrogens with two attached hydrogens (primary N) is 1. The Balaban J connectivity index is 1.27. The highest BCUT2D eigenvalue weighted by Crippen LogP contribution is 2.27. The maximum absolute atomic E-state index is 14.3. The van der Waals surface area contributed by atoms with Gasteiger partial charge in [0.1, 0.15) is 18.1 Å². The summed E-state index contributed by atoms with van der Waals surface area (Å²) in [6.45, 7) is 2.17. The van der Waals surface area contributed by atoms with Crippen molar-refractivity contribution in [1.29, 1.82) is 0 Å². The van der Waals surface area contributed by atoms with Crippen LogP contribution in [0.25, 0.3) is 27.6 Å². The lowest BCUT2D eigenvalue weighted by Crippen LogP contribution is -2.57. The molecule has 0 saturated heterocycles. The molecule has 272 valence electrons. The Morgan fingerprint density at radius 2 is 1.13 bits per heavy atom. The summed E-state index contributed by atoms with van der Waals surface area (Å²) < 4.78 is 0. The van der Waals surface area contributed by atoms with Crippen molar-refractivity contribution in [2.45, 2.75) is 63.6 Å². The molecule has 1 aliphatic rings. The van der Waals surface area contributed by atoms with Gasteiger partial charge in [0.25, 0.3) is 0 Å². The Bertz CT molecular complexity index is 2140. The Labute approximate surface area is 310 Å². The van der Waals surface area contributed by atoms with Crippen molar-refractivity contribution in [3.05, 3.63) is 137 Å². The minimum atomic E-state index is -1.04. The SMILES string of the molecule is CC(=O)NC(Cc1ccc2ccccc2c1)C(=O)N[C@@H](Cc1ccc2ccccc2c1)C(=O)NC(CC1=Cc2ccccc2CC1)C(=O)NCCCN. The number of nitrogens with one attached hydrogen (secondary N) is 4. The first kappa shape index (κ1) is 37.0. The maximum Gasteiger partial charge on any atom is 0.243 e. The third-order valence-corrected chi connectivity index (χ3v) is 9.74. The molecule has 0 aromatic heterocycles. The standard InChI is InChI=1S/C44H47N5O4/c1-29(50)47-40(27-31-16-19-34-10-3-6-13-37(34)24-31)43(52)49-41(28-32-17-20-35-11-4-7-14-38(35)25-32)44(53)48-39(42(51)46-22-8-21-45)26-30-15-18-33-9-2-5-12-36(33)23-30/h2-7,9-14,16-17,19-20,23-25,39-41H,8,15,18,21-22,26-28,45H2,1H3,(H,46,51)(H,47,50)(H,48,53)(H,49,52)/t39?,40?,41-/m0/s1. The Hall–Kier alpha value is -5.80. The minimum absolute atomic E-state index is 0.169. The van der Waals surface area contributed by atoms with Crippen molar-refractivity contribution >= 4 is 51.2 Å². The van der Waals surface area contributed by atoms with E-state index in [1.165, 1.54) is 12.5 Å². The van der Waals surface area contributed by atoms with Crippen LogP contribution in [0.15, 0.2) is 115 Å². The first-order valence-electron chi connectivity index (χ1n) is 18.3. The number of amides is 4. The van der Waals surface area contributed by atoms with Crippen molar-refractivity contribution in [2.75, 3.05) is 13.1 Å². The minimum Gasteiger partial charge on any atom is -0.354 e. The summed E-state index contributed by atoms with van der Waals surface area (Å²) in [5.74, 6) is -1.66. The molecule has 9 heteroatoms. The molecule has 6 rings (SSSR count). The number of fused-ring (bicyclic) bond motifs is 3. The normalized spacial score (nSPS) is 14.0. The van der Waals surface area contributed by atoms with Crippen LogP contribution in [-0.2, 0) is 38.4 Å². The molecule has 0 spiro atoms. The smallest absolute Gasteiger partial charge is 0.243 e. The Morgan fingerprint density at radius 1 is 0.604 bits per heavy atom. The van der Waals surface area contributed by atoms with E-state index in [1.807, 2.05) is 97.1 Å². The maximum atomic E-state index is 14.3. The fourth-order valence-electron chi connectivity index (χ4n) is 6.97. The molecule has 2 unspecified atom stereocenters. The number of carbonyl (C=O) groups is 4. The van der Waals surface area contributed by atoms with E-state index < -0.39 is 29.9 Å². The lowest BCUT2D eigenvalue weighted by molar-refractivity contribution is -0.133. The van der Waals surface area contributed by atoms with Crippen molar-refractivity contribution in [3.63, 3.8) is 0 Å². The largest absolute Gasteiger partial charge is 0.354 e. The molecule has 5 aromatic carbocycles. The van der Waals surface area contributed by atoms with Crippen LogP contribution in [0.5, 0.6) is 0 Å². The van der Waals surface area contributed by atoms with Crippen LogP contribution in [-0.4, -0.2) is 54.8 Å². The Kier molecular flexibility index (Phi) is 12.3. The van der Waals surface area contributed by atoms with Crippen LogP contribution >= 0.6 is 0 Å². The van der Waals surface area contributed by atoms with Gasteiger partial charge in [0.15, 0.2) is 0 Å². The zero-order valence-corrected chi connectivity index (χ0v) is 30.1. The summed E-state index contributed by atoms with van der Waals surface area (Å²) in [4.78, 5) is 54.4. The number of aryl methyl sites for hydroxylation is 1. The molecule has 3 atom stereocenters. The lowest BCUT2D eigenvalue weighted by atomic mass is 9.89. The van der Waals surface area contributed by atoms with Crippen LogP contribution in [0.4, 0.5) is 0 Å². The van der Waals surface area contributed by atoms with Crippen LogP contribution in [0.3, 0.4) is 0 Å². The highest BCUT2D eigenvalue weighted by atomic mass is 16.2. The lowest BCUT2D eigenvalue weighted by Gasteiger charge is -2.27. The molecule has 0 saturated carbocycles.